The van der Waals surface area contributed by atoms with E-state index < -0.39 is 5.97 Å². The lowest BCUT2D eigenvalue weighted by atomic mass is 10.2. The third-order valence-corrected chi connectivity index (χ3v) is 2.60. The molecule has 0 radical (unpaired) electrons. The van der Waals surface area contributed by atoms with Crippen LogP contribution in [-0.4, -0.2) is 19.0 Å². The molecule has 0 atom stereocenters. The fraction of sp³-hybridized carbons (Fsp3) is 0.125. The highest BCUT2D eigenvalue weighted by Crippen LogP contribution is 2.24. The molecule has 5 heteroatoms. The quantitative estimate of drug-likeness (QED) is 0.638. The average Bonchev–Trinajstić information content (AvgIpc) is 2.49. The number of rotatable bonds is 4. The van der Waals surface area contributed by atoms with Crippen LogP contribution in [0, 0.1) is 0 Å². The minimum absolute atomic E-state index is 0.373. The zero-order valence-corrected chi connectivity index (χ0v) is 11.7. The van der Waals surface area contributed by atoms with Gasteiger partial charge in [-0.15, -0.1) is 0 Å². The Morgan fingerprint density at radius 2 is 1.29 bits per heavy atom. The van der Waals surface area contributed by atoms with Gasteiger partial charge in [0.1, 0.15) is 17.2 Å². The van der Waals surface area contributed by atoms with Gasteiger partial charge < -0.3 is 14.2 Å². The summed E-state index contributed by atoms with van der Waals surface area (Å²) in [6.07, 6.45) is 0. The summed E-state index contributed by atoms with van der Waals surface area (Å²) in [6, 6.07) is 13.2. The van der Waals surface area contributed by atoms with Gasteiger partial charge in [-0.05, 0) is 48.5 Å². The van der Waals surface area contributed by atoms with E-state index in [1.165, 1.54) is 14.0 Å². The van der Waals surface area contributed by atoms with Crippen molar-refractivity contribution in [1.82, 2.24) is 0 Å². The molecule has 0 heterocycles. The van der Waals surface area contributed by atoms with E-state index in [0.717, 1.165) is 0 Å². The monoisotopic (exact) mass is 286 g/mol. The van der Waals surface area contributed by atoms with Crippen molar-refractivity contribution in [2.24, 2.45) is 0 Å². The Bertz CT molecular complexity index is 629. The Morgan fingerprint density at radius 3 is 1.76 bits per heavy atom. The maximum Gasteiger partial charge on any atom is 0.337 e. The van der Waals surface area contributed by atoms with Gasteiger partial charge >= 0.3 is 11.9 Å². The van der Waals surface area contributed by atoms with Gasteiger partial charge in [0.2, 0.25) is 0 Å². The number of hydrogen-bond donors (Lipinski definition) is 0. The molecule has 0 aliphatic carbocycles. The Hall–Kier alpha value is -2.82. The van der Waals surface area contributed by atoms with Gasteiger partial charge in [-0.2, -0.15) is 0 Å². The van der Waals surface area contributed by atoms with E-state index in [2.05, 4.69) is 4.74 Å². The highest BCUT2D eigenvalue weighted by atomic mass is 16.5. The number of methoxy groups -OCH3 is 1. The molecule has 0 amide bonds. The summed E-state index contributed by atoms with van der Waals surface area (Å²) in [4.78, 5) is 22.1. The van der Waals surface area contributed by atoms with Crippen molar-refractivity contribution in [3.05, 3.63) is 54.1 Å². The zero-order valence-electron chi connectivity index (χ0n) is 11.7. The summed E-state index contributed by atoms with van der Waals surface area (Å²) in [6.45, 7) is 1.34. The van der Waals surface area contributed by atoms with Crippen LogP contribution in [0.15, 0.2) is 48.5 Å². The van der Waals surface area contributed by atoms with Gasteiger partial charge in [-0.25, -0.2) is 4.79 Å². The predicted octanol–water partition coefficient (Wildman–Crippen LogP) is 3.19. The number of carbonyl (C=O) groups is 2. The van der Waals surface area contributed by atoms with Crippen LogP contribution in [0.4, 0.5) is 0 Å². The van der Waals surface area contributed by atoms with E-state index in [0.29, 0.717) is 22.8 Å². The first-order valence-corrected chi connectivity index (χ1v) is 6.23. The van der Waals surface area contributed by atoms with Crippen molar-refractivity contribution in [1.29, 1.82) is 0 Å². The van der Waals surface area contributed by atoms with Crippen LogP contribution < -0.4 is 9.47 Å². The minimum atomic E-state index is -0.396. The lowest BCUT2D eigenvalue weighted by Gasteiger charge is -2.07. The van der Waals surface area contributed by atoms with Gasteiger partial charge in [0.25, 0.3) is 0 Å². The zero-order chi connectivity index (χ0) is 15.2. The number of benzene rings is 2. The largest absolute Gasteiger partial charge is 0.465 e. The van der Waals surface area contributed by atoms with Crippen LogP contribution in [-0.2, 0) is 9.53 Å². The lowest BCUT2D eigenvalue weighted by molar-refractivity contribution is -0.131. The molecular weight excluding hydrogens is 272 g/mol. The second-order valence-corrected chi connectivity index (χ2v) is 4.18. The summed E-state index contributed by atoms with van der Waals surface area (Å²) in [5.41, 5.74) is 0.454. The Kier molecular flexibility index (Phi) is 4.56. The van der Waals surface area contributed by atoms with Crippen LogP contribution >= 0.6 is 0 Å². The van der Waals surface area contributed by atoms with Gasteiger partial charge in [-0.1, -0.05) is 0 Å². The van der Waals surface area contributed by atoms with Gasteiger partial charge in [0, 0.05) is 6.92 Å². The topological polar surface area (TPSA) is 61.8 Å². The summed E-state index contributed by atoms with van der Waals surface area (Å²) < 4.78 is 15.2. The van der Waals surface area contributed by atoms with Gasteiger partial charge in [-0.3, -0.25) is 4.79 Å². The van der Waals surface area contributed by atoms with Crippen LogP contribution in [0.3, 0.4) is 0 Å². The van der Waals surface area contributed by atoms with Crippen LogP contribution in [0.5, 0.6) is 17.2 Å². The molecule has 0 unspecified atom stereocenters. The van der Waals surface area contributed by atoms with Crippen LogP contribution in [0.2, 0.25) is 0 Å². The molecule has 0 aromatic heterocycles. The molecule has 2 aromatic carbocycles. The second-order valence-electron chi connectivity index (χ2n) is 4.18. The molecule has 0 bridgehead atoms. The molecule has 0 aliphatic heterocycles. The molecule has 0 saturated heterocycles. The molecule has 5 nitrogen and oxygen atoms in total. The SMILES string of the molecule is COC(=O)c1ccc(Oc2ccc(OC(C)=O)cc2)cc1. The summed E-state index contributed by atoms with van der Waals surface area (Å²) in [7, 11) is 1.33. The van der Waals surface area contributed by atoms with Crippen molar-refractivity contribution in [2.75, 3.05) is 7.11 Å². The highest BCUT2D eigenvalue weighted by molar-refractivity contribution is 5.89. The maximum atomic E-state index is 11.3. The van der Waals surface area contributed by atoms with E-state index in [9.17, 15) is 9.59 Å². The van der Waals surface area contributed by atoms with Crippen molar-refractivity contribution in [3.63, 3.8) is 0 Å². The molecule has 0 saturated carbocycles. The molecule has 21 heavy (non-hydrogen) atoms. The van der Waals surface area contributed by atoms with E-state index >= 15 is 0 Å². The van der Waals surface area contributed by atoms with Crippen LogP contribution in [0.25, 0.3) is 0 Å². The number of carbonyl (C=O) groups excluding carboxylic acids is 2. The molecule has 0 aliphatic rings. The number of hydrogen-bond acceptors (Lipinski definition) is 5. The van der Waals surface area contributed by atoms with Crippen molar-refractivity contribution in [2.45, 2.75) is 6.92 Å². The minimum Gasteiger partial charge on any atom is -0.465 e. The molecule has 0 spiro atoms. The molecule has 0 N–H and O–H groups in total. The third kappa shape index (κ3) is 4.07. The first-order chi connectivity index (χ1) is 10.1. The molecule has 108 valence electrons. The van der Waals surface area contributed by atoms with Crippen LogP contribution in [0.1, 0.15) is 17.3 Å². The van der Waals surface area contributed by atoms with Gasteiger partial charge in [0.05, 0.1) is 12.7 Å². The summed E-state index contributed by atoms with van der Waals surface area (Å²) in [5, 5.41) is 0. The van der Waals surface area contributed by atoms with Crippen molar-refractivity contribution < 1.29 is 23.8 Å². The fourth-order valence-electron chi connectivity index (χ4n) is 1.65. The van der Waals surface area contributed by atoms with Gasteiger partial charge in [0.15, 0.2) is 0 Å². The van der Waals surface area contributed by atoms with Crippen molar-refractivity contribution in [3.8, 4) is 17.2 Å². The number of ether oxygens (including phenoxy) is 3. The lowest BCUT2D eigenvalue weighted by Crippen LogP contribution is -2.01. The second kappa shape index (κ2) is 6.56. The normalized spacial score (nSPS) is 9.81. The average molecular weight is 286 g/mol. The predicted molar refractivity (Wildman–Crippen MR) is 75.6 cm³/mol. The van der Waals surface area contributed by atoms with E-state index in [4.69, 9.17) is 9.47 Å². The van der Waals surface area contributed by atoms with E-state index in [1.807, 2.05) is 0 Å². The molecule has 2 rings (SSSR count). The molecule has 0 fully saturated rings. The smallest absolute Gasteiger partial charge is 0.337 e. The highest BCUT2D eigenvalue weighted by Gasteiger charge is 2.05. The molecule has 2 aromatic rings. The molecular formula is C16H14O5. The fourth-order valence-corrected chi connectivity index (χ4v) is 1.65. The third-order valence-electron chi connectivity index (χ3n) is 2.60. The summed E-state index contributed by atoms with van der Waals surface area (Å²) >= 11 is 0. The summed E-state index contributed by atoms with van der Waals surface area (Å²) in [5.74, 6) is 0.866. The standard InChI is InChI=1S/C16H14O5/c1-11(17)20-13-7-9-15(10-8-13)21-14-5-3-12(4-6-14)16(18)19-2/h3-10H,1-2H3. The first kappa shape index (κ1) is 14.6. The first-order valence-electron chi connectivity index (χ1n) is 6.23. The Labute approximate surface area is 122 Å². The Balaban J connectivity index is 2.04. The Morgan fingerprint density at radius 1 is 0.810 bits per heavy atom. The number of esters is 2. The van der Waals surface area contributed by atoms with E-state index in [1.54, 1.807) is 48.5 Å². The van der Waals surface area contributed by atoms with E-state index in [-0.39, 0.29) is 5.97 Å². The maximum absolute atomic E-state index is 11.3. The van der Waals surface area contributed by atoms with Crippen molar-refractivity contribution >= 4 is 11.9 Å².